The molecule has 0 heterocycles. The van der Waals surface area contributed by atoms with Crippen molar-refractivity contribution in [3.8, 4) is 17.2 Å². The van der Waals surface area contributed by atoms with E-state index in [0.717, 1.165) is 8.95 Å². The van der Waals surface area contributed by atoms with Crippen LogP contribution in [0.25, 0.3) is 0 Å². The molecule has 0 radical (unpaired) electrons. The maximum absolute atomic E-state index is 11.9. The highest BCUT2D eigenvalue weighted by Gasteiger charge is 2.09. The largest absolute Gasteiger partial charge is 0.497 e. The molecule has 26 heavy (non-hydrogen) atoms. The minimum Gasteiger partial charge on any atom is -0.497 e. The smallest absolute Gasteiger partial charge is 0.277 e. The lowest BCUT2D eigenvalue weighted by atomic mass is 10.2. The van der Waals surface area contributed by atoms with E-state index in [2.05, 4.69) is 58.3 Å². The Hall–Kier alpha value is -1.58. The minimum atomic E-state index is -0.392. The first-order valence-electron chi connectivity index (χ1n) is 7.26. The van der Waals surface area contributed by atoms with Crippen molar-refractivity contribution in [2.24, 2.45) is 5.10 Å². The van der Waals surface area contributed by atoms with E-state index in [1.54, 1.807) is 32.4 Å². The molecule has 0 aliphatic rings. The summed E-state index contributed by atoms with van der Waals surface area (Å²) in [6.45, 7) is -0.179. The number of carbonyl (C=O) groups excluding carboxylic acids is 1. The van der Waals surface area contributed by atoms with Crippen molar-refractivity contribution in [1.82, 2.24) is 5.43 Å². The Kier molecular flexibility index (Phi) is 7.92. The zero-order valence-electron chi connectivity index (χ0n) is 13.9. The van der Waals surface area contributed by atoms with Gasteiger partial charge in [-0.3, -0.25) is 4.79 Å². The molecule has 6 nitrogen and oxygen atoms in total. The van der Waals surface area contributed by atoms with Crippen molar-refractivity contribution >= 4 is 59.9 Å². The molecule has 0 atom stereocenters. The number of ether oxygens (including phenoxy) is 3. The van der Waals surface area contributed by atoms with Gasteiger partial charge in [0, 0.05) is 10.0 Å². The molecule has 0 aromatic heterocycles. The van der Waals surface area contributed by atoms with Crippen LogP contribution < -0.4 is 19.6 Å². The molecule has 0 aliphatic carbocycles. The number of hydrazone groups is 1. The molecule has 9 heteroatoms. The molecule has 0 bridgehead atoms. The van der Waals surface area contributed by atoms with Crippen molar-refractivity contribution in [3.63, 3.8) is 0 Å². The predicted octanol–water partition coefficient (Wildman–Crippen LogP) is 4.52. The predicted molar refractivity (Wildman–Crippen MR) is 110 cm³/mol. The van der Waals surface area contributed by atoms with Gasteiger partial charge in [-0.15, -0.1) is 0 Å². The van der Waals surface area contributed by atoms with Gasteiger partial charge in [0.2, 0.25) is 0 Å². The molecule has 0 fully saturated rings. The van der Waals surface area contributed by atoms with Crippen LogP contribution in [0.15, 0.2) is 48.9 Å². The number of carbonyl (C=O) groups is 1. The Labute approximate surface area is 176 Å². The molecule has 2 rings (SSSR count). The number of rotatable bonds is 7. The number of methoxy groups -OCH3 is 2. The average Bonchev–Trinajstić information content (AvgIpc) is 2.60. The zero-order chi connectivity index (χ0) is 19.1. The molecule has 2 aromatic rings. The van der Waals surface area contributed by atoms with E-state index in [1.165, 1.54) is 6.21 Å². The number of hydrogen-bond donors (Lipinski definition) is 1. The van der Waals surface area contributed by atoms with Crippen LogP contribution in [0.1, 0.15) is 5.56 Å². The minimum absolute atomic E-state index is 0.179. The fourth-order valence-corrected chi connectivity index (χ4v) is 3.86. The standard InChI is InChI=1S/C17H15Br3N2O4/c1-24-12-3-4-15(13(19)7-12)26-9-16(23)22-21-8-10-5-11(18)6-14(20)17(10)25-2/h3-8H,9H2,1-2H3,(H,22,23)/b21-8-. The average molecular weight is 551 g/mol. The molecule has 0 spiro atoms. The van der Waals surface area contributed by atoms with Crippen LogP contribution in [0.5, 0.6) is 17.2 Å². The molecule has 138 valence electrons. The molecule has 2 aromatic carbocycles. The van der Waals surface area contributed by atoms with E-state index in [1.807, 2.05) is 12.1 Å². The summed E-state index contributed by atoms with van der Waals surface area (Å²) in [5.74, 6) is 1.44. The van der Waals surface area contributed by atoms with Crippen LogP contribution in [0.4, 0.5) is 0 Å². The van der Waals surface area contributed by atoms with Crippen LogP contribution in [0.3, 0.4) is 0 Å². The van der Waals surface area contributed by atoms with Crippen LogP contribution >= 0.6 is 47.8 Å². The lowest BCUT2D eigenvalue weighted by Gasteiger charge is -2.09. The van der Waals surface area contributed by atoms with Crippen molar-refractivity contribution < 1.29 is 19.0 Å². The molecule has 0 saturated heterocycles. The van der Waals surface area contributed by atoms with Crippen molar-refractivity contribution in [1.29, 1.82) is 0 Å². The second kappa shape index (κ2) is 9.94. The van der Waals surface area contributed by atoms with Crippen molar-refractivity contribution in [2.75, 3.05) is 20.8 Å². The fourth-order valence-electron chi connectivity index (χ4n) is 1.97. The van der Waals surface area contributed by atoms with Gasteiger partial charge >= 0.3 is 0 Å². The molecule has 1 N–H and O–H groups in total. The summed E-state index contributed by atoms with van der Waals surface area (Å²) in [5.41, 5.74) is 3.11. The van der Waals surface area contributed by atoms with Gasteiger partial charge in [-0.25, -0.2) is 5.43 Å². The summed E-state index contributed by atoms with van der Waals surface area (Å²) < 4.78 is 18.2. The van der Waals surface area contributed by atoms with Gasteiger partial charge in [-0.2, -0.15) is 5.10 Å². The third-order valence-electron chi connectivity index (χ3n) is 3.13. The number of amides is 1. The highest BCUT2D eigenvalue weighted by Crippen LogP contribution is 2.31. The first-order valence-corrected chi connectivity index (χ1v) is 9.63. The first-order chi connectivity index (χ1) is 12.4. The second-order valence-electron chi connectivity index (χ2n) is 4.89. The lowest BCUT2D eigenvalue weighted by Crippen LogP contribution is -2.24. The van der Waals surface area contributed by atoms with Crippen LogP contribution in [0, 0.1) is 0 Å². The van der Waals surface area contributed by atoms with Gasteiger partial charge in [-0.05, 0) is 62.2 Å². The summed E-state index contributed by atoms with van der Waals surface area (Å²) in [4.78, 5) is 11.9. The monoisotopic (exact) mass is 548 g/mol. The Balaban J connectivity index is 1.94. The molecule has 0 unspecified atom stereocenters. The van der Waals surface area contributed by atoms with Gasteiger partial charge in [0.05, 0.1) is 29.4 Å². The summed E-state index contributed by atoms with van der Waals surface area (Å²) >= 11 is 10.2. The van der Waals surface area contributed by atoms with E-state index in [0.29, 0.717) is 27.3 Å². The summed E-state index contributed by atoms with van der Waals surface area (Å²) in [7, 11) is 3.14. The number of halogens is 3. The Morgan fingerprint density at radius 3 is 2.54 bits per heavy atom. The summed E-state index contributed by atoms with van der Waals surface area (Å²) in [6.07, 6.45) is 1.50. The van der Waals surface area contributed by atoms with E-state index in [-0.39, 0.29) is 6.61 Å². The highest BCUT2D eigenvalue weighted by atomic mass is 79.9. The molecule has 0 aliphatic heterocycles. The maximum atomic E-state index is 11.9. The number of hydrogen-bond acceptors (Lipinski definition) is 5. The van der Waals surface area contributed by atoms with Gasteiger partial charge in [0.25, 0.3) is 5.91 Å². The normalized spacial score (nSPS) is 10.7. The maximum Gasteiger partial charge on any atom is 0.277 e. The third-order valence-corrected chi connectivity index (χ3v) is 4.80. The number of nitrogens with zero attached hydrogens (tertiary/aromatic N) is 1. The SMILES string of the molecule is COc1ccc(OCC(=O)N/N=C\c2cc(Br)cc(Br)c2OC)c(Br)c1. The van der Waals surface area contributed by atoms with Crippen molar-refractivity contribution in [2.45, 2.75) is 0 Å². The van der Waals surface area contributed by atoms with E-state index in [4.69, 9.17) is 14.2 Å². The van der Waals surface area contributed by atoms with Crippen LogP contribution in [-0.4, -0.2) is 32.9 Å². The van der Waals surface area contributed by atoms with Gasteiger partial charge < -0.3 is 14.2 Å². The molecular weight excluding hydrogens is 536 g/mol. The lowest BCUT2D eigenvalue weighted by molar-refractivity contribution is -0.123. The fraction of sp³-hybridized carbons (Fsp3) is 0.176. The van der Waals surface area contributed by atoms with Crippen LogP contribution in [-0.2, 0) is 4.79 Å². The Morgan fingerprint density at radius 1 is 1.12 bits per heavy atom. The van der Waals surface area contributed by atoms with Gasteiger partial charge in [-0.1, -0.05) is 15.9 Å². The Morgan fingerprint density at radius 2 is 1.88 bits per heavy atom. The highest BCUT2D eigenvalue weighted by molar-refractivity contribution is 9.11. The number of nitrogens with one attached hydrogen (secondary N) is 1. The van der Waals surface area contributed by atoms with E-state index < -0.39 is 5.91 Å². The van der Waals surface area contributed by atoms with E-state index in [9.17, 15) is 4.79 Å². The number of benzene rings is 2. The third kappa shape index (κ3) is 5.72. The molecular formula is C17H15Br3N2O4. The van der Waals surface area contributed by atoms with E-state index >= 15 is 0 Å². The second-order valence-corrected chi connectivity index (χ2v) is 7.51. The zero-order valence-corrected chi connectivity index (χ0v) is 18.6. The van der Waals surface area contributed by atoms with Crippen LogP contribution in [0.2, 0.25) is 0 Å². The topological polar surface area (TPSA) is 69.2 Å². The van der Waals surface area contributed by atoms with Gasteiger partial charge in [0.1, 0.15) is 17.2 Å². The summed E-state index contributed by atoms with van der Waals surface area (Å²) in [6, 6.07) is 8.89. The van der Waals surface area contributed by atoms with Crippen molar-refractivity contribution in [3.05, 3.63) is 49.3 Å². The Bertz CT molecular complexity index is 828. The van der Waals surface area contributed by atoms with Gasteiger partial charge in [0.15, 0.2) is 6.61 Å². The molecule has 1 amide bonds. The summed E-state index contributed by atoms with van der Waals surface area (Å²) in [5, 5.41) is 3.94. The first kappa shape index (κ1) is 20.7. The molecule has 0 saturated carbocycles. The quantitative estimate of drug-likeness (QED) is 0.406.